The summed E-state index contributed by atoms with van der Waals surface area (Å²) in [7, 11) is 0. The smallest absolute Gasteiger partial charge is 0.187 e. The maximum Gasteiger partial charge on any atom is 0.187 e. The van der Waals surface area contributed by atoms with Gasteiger partial charge in [0.25, 0.3) is 0 Å². The molecule has 27 heavy (non-hydrogen) atoms. The second kappa shape index (κ2) is 10.6. The van der Waals surface area contributed by atoms with E-state index < -0.39 is 68.0 Å². The van der Waals surface area contributed by atoms with E-state index in [2.05, 4.69) is 12.6 Å². The third kappa shape index (κ3) is 5.31. The first-order valence-corrected chi connectivity index (χ1v) is 9.68. The van der Waals surface area contributed by atoms with Crippen molar-refractivity contribution in [3.8, 4) is 0 Å². The Bertz CT molecular complexity index is 439. The van der Waals surface area contributed by atoms with Crippen molar-refractivity contribution in [2.24, 2.45) is 0 Å². The summed E-state index contributed by atoms with van der Waals surface area (Å²) < 4.78 is 21.8. The second-order valence-electron chi connectivity index (χ2n) is 6.73. The van der Waals surface area contributed by atoms with Crippen LogP contribution in [0.2, 0.25) is 0 Å². The number of rotatable bonds is 8. The molecule has 160 valence electrons. The molecule has 2 fully saturated rings. The highest BCUT2D eigenvalue weighted by Gasteiger charge is 2.50. The zero-order valence-corrected chi connectivity index (χ0v) is 16.0. The largest absolute Gasteiger partial charge is 0.394 e. The monoisotopic (exact) mass is 414 g/mol. The second-order valence-corrected chi connectivity index (χ2v) is 7.09. The Morgan fingerprint density at radius 1 is 0.852 bits per heavy atom. The van der Waals surface area contributed by atoms with Crippen LogP contribution in [0.3, 0.4) is 0 Å². The zero-order valence-electron chi connectivity index (χ0n) is 15.1. The Morgan fingerprint density at radius 2 is 1.48 bits per heavy atom. The summed E-state index contributed by atoms with van der Waals surface area (Å²) >= 11 is 4.02. The van der Waals surface area contributed by atoms with Gasteiger partial charge in [-0.15, -0.1) is 0 Å². The lowest BCUT2D eigenvalue weighted by Crippen LogP contribution is -2.64. The summed E-state index contributed by atoms with van der Waals surface area (Å²) in [5, 5.41) is 60.1. The lowest BCUT2D eigenvalue weighted by molar-refractivity contribution is -0.356. The molecule has 2 rings (SSSR count). The van der Waals surface area contributed by atoms with Crippen LogP contribution < -0.4 is 0 Å². The van der Waals surface area contributed by atoms with Gasteiger partial charge in [0.1, 0.15) is 42.7 Å². The Balaban J connectivity index is 2.06. The van der Waals surface area contributed by atoms with Crippen LogP contribution in [0.15, 0.2) is 0 Å². The van der Waals surface area contributed by atoms with Gasteiger partial charge in [0.15, 0.2) is 12.6 Å². The molecular formula is C16H30O10S. The first-order chi connectivity index (χ1) is 12.8. The van der Waals surface area contributed by atoms with Crippen molar-refractivity contribution < 1.29 is 49.6 Å². The molecule has 0 aromatic rings. The molecule has 0 saturated carbocycles. The Kier molecular flexibility index (Phi) is 9.16. The van der Waals surface area contributed by atoms with E-state index in [1.54, 1.807) is 0 Å². The molecule has 10 atom stereocenters. The van der Waals surface area contributed by atoms with Crippen LogP contribution >= 0.6 is 12.6 Å². The number of hydrogen-bond acceptors (Lipinski definition) is 11. The Labute approximate surface area is 163 Å². The molecule has 11 heteroatoms. The lowest BCUT2D eigenvalue weighted by atomic mass is 9.97. The van der Waals surface area contributed by atoms with Gasteiger partial charge in [-0.1, -0.05) is 13.3 Å². The van der Waals surface area contributed by atoms with Gasteiger partial charge in [-0.25, -0.2) is 0 Å². The SMILES string of the molecule is CCCCOC1OC(CO)C(OC2OC(CS)C(O)C(O)C2O)C(O)C1O. The molecule has 10 unspecified atom stereocenters. The number of aliphatic hydroxyl groups excluding tert-OH is 6. The standard InChI is InChI=1S/C16H30O10S/c1-2-3-4-23-15-13(22)11(20)14(7(5-17)24-15)26-16-12(21)10(19)9(18)8(6-27)25-16/h7-22,27H,2-6H2,1H3. The van der Waals surface area contributed by atoms with Crippen molar-refractivity contribution in [3.05, 3.63) is 0 Å². The first-order valence-electron chi connectivity index (χ1n) is 9.05. The lowest BCUT2D eigenvalue weighted by Gasteiger charge is -2.46. The van der Waals surface area contributed by atoms with Crippen LogP contribution in [-0.2, 0) is 18.9 Å². The molecule has 0 radical (unpaired) electrons. The average Bonchev–Trinajstić information content (AvgIpc) is 2.67. The van der Waals surface area contributed by atoms with Gasteiger partial charge in [-0.3, -0.25) is 0 Å². The molecule has 0 aromatic carbocycles. The molecule has 2 aliphatic heterocycles. The molecule has 2 saturated heterocycles. The summed E-state index contributed by atoms with van der Waals surface area (Å²) in [5.41, 5.74) is 0. The highest BCUT2D eigenvalue weighted by atomic mass is 32.1. The van der Waals surface area contributed by atoms with Crippen LogP contribution in [0.25, 0.3) is 0 Å². The highest BCUT2D eigenvalue weighted by molar-refractivity contribution is 7.80. The molecule has 0 spiro atoms. The van der Waals surface area contributed by atoms with E-state index in [4.69, 9.17) is 18.9 Å². The van der Waals surface area contributed by atoms with Crippen molar-refractivity contribution in [1.29, 1.82) is 0 Å². The third-order valence-corrected chi connectivity index (χ3v) is 5.10. The molecule has 6 N–H and O–H groups in total. The van der Waals surface area contributed by atoms with Crippen LogP contribution in [0.1, 0.15) is 19.8 Å². The summed E-state index contributed by atoms with van der Waals surface area (Å²) in [4.78, 5) is 0. The molecule has 10 nitrogen and oxygen atoms in total. The minimum absolute atomic E-state index is 0.0495. The third-order valence-electron chi connectivity index (χ3n) is 4.74. The first kappa shape index (κ1) is 23.2. The molecule has 0 aliphatic carbocycles. The number of thiol groups is 1. The predicted octanol–water partition coefficient (Wildman–Crippen LogP) is -2.64. The van der Waals surface area contributed by atoms with E-state index in [9.17, 15) is 30.6 Å². The average molecular weight is 414 g/mol. The summed E-state index contributed by atoms with van der Waals surface area (Å²) in [6.07, 6.45) is -11.7. The van der Waals surface area contributed by atoms with Gasteiger partial charge in [0.05, 0.1) is 12.7 Å². The molecule has 0 aromatic heterocycles. The summed E-state index contributed by atoms with van der Waals surface area (Å²) in [6.45, 7) is 1.73. The van der Waals surface area contributed by atoms with Gasteiger partial charge >= 0.3 is 0 Å². The van der Waals surface area contributed by atoms with E-state index in [1.807, 2.05) is 6.92 Å². The number of unbranched alkanes of at least 4 members (excludes halogenated alkanes) is 1. The maximum atomic E-state index is 10.4. The van der Waals surface area contributed by atoms with Gasteiger partial charge < -0.3 is 49.6 Å². The van der Waals surface area contributed by atoms with Gasteiger partial charge in [0, 0.05) is 12.4 Å². The van der Waals surface area contributed by atoms with E-state index >= 15 is 0 Å². The maximum absolute atomic E-state index is 10.4. The van der Waals surface area contributed by atoms with Gasteiger partial charge in [0.2, 0.25) is 0 Å². The van der Waals surface area contributed by atoms with Crippen LogP contribution in [0, 0.1) is 0 Å². The van der Waals surface area contributed by atoms with Crippen molar-refractivity contribution in [1.82, 2.24) is 0 Å². The quantitative estimate of drug-likeness (QED) is 0.165. The number of hydrogen-bond donors (Lipinski definition) is 7. The van der Waals surface area contributed by atoms with Crippen molar-refractivity contribution in [2.45, 2.75) is 81.2 Å². The molecule has 0 amide bonds. The minimum atomic E-state index is -1.61. The van der Waals surface area contributed by atoms with E-state index in [1.165, 1.54) is 0 Å². The normalized spacial score (nSPS) is 45.8. The highest BCUT2D eigenvalue weighted by Crippen LogP contribution is 2.29. The van der Waals surface area contributed by atoms with E-state index in [0.717, 1.165) is 12.8 Å². The minimum Gasteiger partial charge on any atom is -0.394 e. The Morgan fingerprint density at radius 3 is 2.07 bits per heavy atom. The fourth-order valence-corrected chi connectivity index (χ4v) is 3.34. The fourth-order valence-electron chi connectivity index (χ4n) is 3.04. The molecule has 0 bridgehead atoms. The topological polar surface area (TPSA) is 158 Å². The summed E-state index contributed by atoms with van der Waals surface area (Å²) in [6, 6.07) is 0. The van der Waals surface area contributed by atoms with E-state index in [0.29, 0.717) is 6.61 Å². The van der Waals surface area contributed by atoms with Crippen LogP contribution in [0.5, 0.6) is 0 Å². The number of aliphatic hydroxyl groups is 6. The van der Waals surface area contributed by atoms with Gasteiger partial charge in [-0.05, 0) is 6.42 Å². The van der Waals surface area contributed by atoms with Crippen molar-refractivity contribution >= 4 is 12.6 Å². The van der Waals surface area contributed by atoms with E-state index in [-0.39, 0.29) is 5.75 Å². The fraction of sp³-hybridized carbons (Fsp3) is 1.00. The van der Waals surface area contributed by atoms with Crippen LogP contribution in [-0.4, -0.2) is 111 Å². The van der Waals surface area contributed by atoms with Gasteiger partial charge in [-0.2, -0.15) is 12.6 Å². The number of ether oxygens (including phenoxy) is 4. The van der Waals surface area contributed by atoms with Crippen molar-refractivity contribution in [3.63, 3.8) is 0 Å². The molecule has 2 heterocycles. The zero-order chi connectivity index (χ0) is 20.1. The molecular weight excluding hydrogens is 384 g/mol. The van der Waals surface area contributed by atoms with Crippen LogP contribution in [0.4, 0.5) is 0 Å². The summed E-state index contributed by atoms with van der Waals surface area (Å²) in [5.74, 6) is 0.0495. The predicted molar refractivity (Wildman–Crippen MR) is 94.0 cm³/mol. The molecule has 2 aliphatic rings. The Hall–Kier alpha value is -0.0500. The van der Waals surface area contributed by atoms with Crippen molar-refractivity contribution in [2.75, 3.05) is 19.0 Å².